The monoisotopic (exact) mass is 444 g/mol. The maximum atomic E-state index is 14.9. The van der Waals surface area contributed by atoms with Gasteiger partial charge in [0.2, 0.25) is 0 Å². The number of likely N-dealkylation sites (tertiary alicyclic amines) is 1. The lowest BCUT2D eigenvalue weighted by atomic mass is 9.89. The molecule has 3 aromatic heterocycles. The molecule has 0 bridgehead atoms. The molecule has 4 aromatic rings. The predicted octanol–water partition coefficient (Wildman–Crippen LogP) is 6.52. The fourth-order valence-electron chi connectivity index (χ4n) is 4.47. The number of nitrogens with one attached hydrogen (secondary N) is 1. The average molecular weight is 445 g/mol. The van der Waals surface area contributed by atoms with Crippen LogP contribution in [0.2, 0.25) is 0 Å². The van der Waals surface area contributed by atoms with Gasteiger partial charge in [-0.05, 0) is 51.1 Å². The number of rotatable bonds is 4. The molecule has 0 amide bonds. The van der Waals surface area contributed by atoms with E-state index < -0.39 is 11.6 Å². The first-order valence-corrected chi connectivity index (χ1v) is 11.9. The second kappa shape index (κ2) is 7.83. The summed E-state index contributed by atoms with van der Waals surface area (Å²) in [4.78, 5) is 13.2. The summed E-state index contributed by atoms with van der Waals surface area (Å²) in [5.41, 5.74) is 2.20. The molecule has 1 saturated heterocycles. The van der Waals surface area contributed by atoms with Crippen LogP contribution < -0.4 is 5.32 Å². The molecule has 0 aliphatic carbocycles. The lowest BCUT2D eigenvalue weighted by Crippen LogP contribution is -2.41. The van der Waals surface area contributed by atoms with E-state index in [0.29, 0.717) is 22.3 Å². The molecule has 5 rings (SSSR count). The molecule has 1 aliphatic rings. The van der Waals surface area contributed by atoms with E-state index in [2.05, 4.69) is 40.1 Å². The number of piperidine rings is 1. The largest absolute Gasteiger partial charge is 0.350 e. The number of fused-ring (bicyclic) bond motifs is 2. The van der Waals surface area contributed by atoms with Gasteiger partial charge in [-0.25, -0.2) is 18.7 Å². The molecule has 0 spiro atoms. The highest BCUT2D eigenvalue weighted by Gasteiger charge is 2.29. The van der Waals surface area contributed by atoms with Crippen LogP contribution in [0.5, 0.6) is 0 Å². The molecule has 1 N–H and O–H groups in total. The van der Waals surface area contributed by atoms with Crippen LogP contribution in [0.25, 0.3) is 20.4 Å². The molecular weight excluding hydrogens is 422 g/mol. The number of hydrogen-bond acceptors (Lipinski definition) is 6. The van der Waals surface area contributed by atoms with Crippen molar-refractivity contribution in [2.24, 2.45) is 0 Å². The Morgan fingerprint density at radius 3 is 2.97 bits per heavy atom. The zero-order chi connectivity index (χ0) is 20.8. The van der Waals surface area contributed by atoms with Crippen molar-refractivity contribution in [2.75, 3.05) is 18.4 Å². The lowest BCUT2D eigenvalue weighted by molar-refractivity contribution is 0.148. The highest BCUT2D eigenvalue weighted by Crippen LogP contribution is 2.41. The topological polar surface area (TPSA) is 41.0 Å². The van der Waals surface area contributed by atoms with Crippen LogP contribution in [-0.4, -0.2) is 34.0 Å². The van der Waals surface area contributed by atoms with Gasteiger partial charge < -0.3 is 10.2 Å². The molecule has 1 aromatic carbocycles. The van der Waals surface area contributed by atoms with E-state index in [4.69, 9.17) is 0 Å². The van der Waals surface area contributed by atoms with Crippen molar-refractivity contribution in [1.82, 2.24) is 14.9 Å². The number of pyridine rings is 1. The summed E-state index contributed by atoms with van der Waals surface area (Å²) < 4.78 is 30.0. The Labute approximate surface area is 181 Å². The van der Waals surface area contributed by atoms with E-state index in [1.165, 1.54) is 34.2 Å². The average Bonchev–Trinajstić information content (AvgIpc) is 3.38. The van der Waals surface area contributed by atoms with E-state index >= 15 is 0 Å². The van der Waals surface area contributed by atoms with Crippen LogP contribution >= 0.6 is 22.7 Å². The van der Waals surface area contributed by atoms with Crippen molar-refractivity contribution >= 4 is 54.5 Å². The maximum Gasteiger partial charge on any atom is 0.176 e. The van der Waals surface area contributed by atoms with Gasteiger partial charge in [-0.2, -0.15) is 0 Å². The summed E-state index contributed by atoms with van der Waals surface area (Å²) in [6.45, 7) is 6.68. The van der Waals surface area contributed by atoms with Crippen LogP contribution in [0.15, 0.2) is 29.9 Å². The number of thiophene rings is 1. The second-order valence-corrected chi connectivity index (χ2v) is 9.66. The Hall–Kier alpha value is -2.16. The van der Waals surface area contributed by atoms with Gasteiger partial charge in [0.1, 0.15) is 16.0 Å². The lowest BCUT2D eigenvalue weighted by Gasteiger charge is -2.38. The summed E-state index contributed by atoms with van der Waals surface area (Å²) in [7, 11) is 0. The first-order valence-electron chi connectivity index (χ1n) is 10.2. The van der Waals surface area contributed by atoms with Gasteiger partial charge in [-0.15, -0.1) is 22.7 Å². The molecule has 4 heterocycles. The van der Waals surface area contributed by atoms with E-state index in [1.807, 2.05) is 0 Å². The molecule has 2 atom stereocenters. The summed E-state index contributed by atoms with van der Waals surface area (Å²) in [5.74, 6) is -0.833. The predicted molar refractivity (Wildman–Crippen MR) is 121 cm³/mol. The van der Waals surface area contributed by atoms with E-state index in [1.54, 1.807) is 23.6 Å². The first kappa shape index (κ1) is 19.8. The van der Waals surface area contributed by atoms with Crippen LogP contribution in [0.1, 0.15) is 37.5 Å². The van der Waals surface area contributed by atoms with Crippen molar-refractivity contribution < 1.29 is 8.78 Å². The summed E-state index contributed by atoms with van der Waals surface area (Å²) in [5, 5.41) is 3.88. The minimum atomic E-state index is -0.661. The summed E-state index contributed by atoms with van der Waals surface area (Å²) in [6, 6.07) is 5.72. The molecule has 0 radical (unpaired) electrons. The van der Waals surface area contributed by atoms with Crippen molar-refractivity contribution in [3.05, 3.63) is 46.4 Å². The fourth-order valence-corrected chi connectivity index (χ4v) is 6.43. The number of anilines is 2. The van der Waals surface area contributed by atoms with Gasteiger partial charge in [-0.1, -0.05) is 6.92 Å². The van der Waals surface area contributed by atoms with Crippen LogP contribution in [0, 0.1) is 11.6 Å². The fraction of sp³-hybridized carbons (Fsp3) is 0.364. The third kappa shape index (κ3) is 3.27. The number of halogens is 2. The second-order valence-electron chi connectivity index (χ2n) is 7.72. The van der Waals surface area contributed by atoms with Crippen molar-refractivity contribution in [3.63, 3.8) is 0 Å². The Morgan fingerprint density at radius 2 is 2.13 bits per heavy atom. The molecule has 1 aliphatic heterocycles. The Morgan fingerprint density at radius 1 is 1.27 bits per heavy atom. The highest BCUT2D eigenvalue weighted by atomic mass is 32.1. The number of nitrogens with zero attached hydrogens (tertiary/aromatic N) is 3. The zero-order valence-corrected chi connectivity index (χ0v) is 18.4. The normalized spacial score (nSPS) is 20.3. The highest BCUT2D eigenvalue weighted by molar-refractivity contribution is 7.18. The standard InChI is InChI=1S/C22H22F2N4S2/c1-3-28-8-4-5-13(12(28)2)17-9-14-16(6-7-25-22(14)30-17)27-20-15(23)10-18-21(19(20)24)26-11-29-18/h6-7,9-13H,3-5,8H2,1-2H3,(H,25,27)/t12-,13-/m0/s1. The van der Waals surface area contributed by atoms with Gasteiger partial charge in [0.05, 0.1) is 15.9 Å². The molecular formula is C22H22F2N4S2. The zero-order valence-electron chi connectivity index (χ0n) is 16.8. The van der Waals surface area contributed by atoms with Crippen LogP contribution in [0.3, 0.4) is 0 Å². The first-order chi connectivity index (χ1) is 14.6. The van der Waals surface area contributed by atoms with E-state index in [-0.39, 0.29) is 11.2 Å². The Kier molecular flexibility index (Phi) is 5.16. The minimum absolute atomic E-state index is 0.170. The molecule has 30 heavy (non-hydrogen) atoms. The van der Waals surface area contributed by atoms with Gasteiger partial charge in [0, 0.05) is 28.4 Å². The quantitative estimate of drug-likeness (QED) is 0.389. The maximum absolute atomic E-state index is 14.9. The van der Waals surface area contributed by atoms with Gasteiger partial charge >= 0.3 is 0 Å². The number of thiazole rings is 1. The van der Waals surface area contributed by atoms with Crippen LogP contribution in [0.4, 0.5) is 20.2 Å². The molecule has 0 unspecified atom stereocenters. The Balaban J connectivity index is 1.54. The summed E-state index contributed by atoms with van der Waals surface area (Å²) >= 11 is 2.90. The van der Waals surface area contributed by atoms with E-state index in [0.717, 1.165) is 29.7 Å². The Bertz CT molecular complexity index is 1220. The van der Waals surface area contributed by atoms with Gasteiger partial charge in [0.25, 0.3) is 0 Å². The van der Waals surface area contributed by atoms with E-state index in [9.17, 15) is 8.78 Å². The smallest absolute Gasteiger partial charge is 0.176 e. The number of benzene rings is 1. The molecule has 8 heteroatoms. The SMILES string of the molecule is CCN1CCC[C@H](c2cc3c(Nc4c(F)cc5scnc5c4F)ccnc3s2)[C@@H]1C. The van der Waals surface area contributed by atoms with Crippen molar-refractivity contribution in [1.29, 1.82) is 0 Å². The number of hydrogen-bond donors (Lipinski definition) is 1. The summed E-state index contributed by atoms with van der Waals surface area (Å²) in [6.07, 6.45) is 4.02. The van der Waals surface area contributed by atoms with Crippen molar-refractivity contribution in [3.8, 4) is 0 Å². The third-order valence-electron chi connectivity index (χ3n) is 6.12. The minimum Gasteiger partial charge on any atom is -0.350 e. The molecule has 0 saturated carbocycles. The van der Waals surface area contributed by atoms with Crippen molar-refractivity contribution in [2.45, 2.75) is 38.6 Å². The van der Waals surface area contributed by atoms with Gasteiger partial charge in [0.15, 0.2) is 11.6 Å². The number of likely N-dealkylation sites (N-methyl/N-ethyl adjacent to an activating group) is 1. The number of aromatic nitrogens is 2. The van der Waals surface area contributed by atoms with Gasteiger partial charge in [-0.3, -0.25) is 0 Å². The molecule has 4 nitrogen and oxygen atoms in total. The molecule has 156 valence electrons. The third-order valence-corrected chi connectivity index (χ3v) is 8.07. The van der Waals surface area contributed by atoms with Crippen LogP contribution in [-0.2, 0) is 0 Å². The molecule has 1 fully saturated rings.